The van der Waals surface area contributed by atoms with Crippen LogP contribution < -0.4 is 0 Å². The number of esters is 1. The minimum atomic E-state index is -0.821. The fourth-order valence-corrected chi connectivity index (χ4v) is 17.3. The van der Waals surface area contributed by atoms with Gasteiger partial charge in [0.15, 0.2) is 0 Å². The van der Waals surface area contributed by atoms with Gasteiger partial charge in [0.25, 0.3) is 0 Å². The van der Waals surface area contributed by atoms with Gasteiger partial charge in [0.2, 0.25) is 5.91 Å². The van der Waals surface area contributed by atoms with E-state index >= 15 is 4.79 Å². The molecule has 1 aromatic carbocycles. The first-order chi connectivity index (χ1) is 31.3. The molecule has 10 heteroatoms. The summed E-state index contributed by atoms with van der Waals surface area (Å²) in [5.74, 6) is 1.41. The number of hydrogen-bond donors (Lipinski definition) is 1. The van der Waals surface area contributed by atoms with E-state index in [2.05, 4.69) is 88.1 Å². The second kappa shape index (κ2) is 17.2. The number of hydrogen-bond acceptors (Lipinski definition) is 7. The van der Waals surface area contributed by atoms with Crippen molar-refractivity contribution in [2.75, 3.05) is 33.5 Å². The zero-order chi connectivity index (χ0) is 47.2. The van der Waals surface area contributed by atoms with Crippen LogP contribution in [0.1, 0.15) is 151 Å². The monoisotopic (exact) mass is 908 g/mol. The summed E-state index contributed by atoms with van der Waals surface area (Å²) >= 11 is 0. The first kappa shape index (κ1) is 47.6. The maximum atomic E-state index is 15.9. The van der Waals surface area contributed by atoms with E-state index in [0.717, 1.165) is 94.3 Å². The summed E-state index contributed by atoms with van der Waals surface area (Å²) in [7, 11) is 1.69. The summed E-state index contributed by atoms with van der Waals surface area (Å²) in [6.45, 7) is 26.4. The molecule has 0 radical (unpaired) electrons. The molecule has 1 saturated heterocycles. The molecule has 2 heterocycles. The molecular weight excluding hydrogens is 827 g/mol. The number of allylic oxidation sites excluding steroid dienone is 1. The molecule has 2 aromatic rings. The third kappa shape index (κ3) is 7.20. The molecule has 6 saturated carbocycles. The average Bonchev–Trinajstić information content (AvgIpc) is 4.02. The van der Waals surface area contributed by atoms with E-state index in [-0.39, 0.29) is 51.6 Å². The number of carboxylic acids is 1. The van der Waals surface area contributed by atoms with Gasteiger partial charge < -0.3 is 28.8 Å². The standard InChI is InChI=1S/C56H81N3O7/c1-35(2)37-20-25-56(50(63)59-28-14-17-42(59)47-57-41(36-15-12-11-13-16-36)34-58(47)29-30-65-32-31-64-10)27-26-54(8)38(46(37)56)18-19-44-53(7)23-22-45(52(5,6)43(53)21-24-55(44,54)9)66-49(62)40-33-39(48(60)61)51(40,3)4/h11-13,15-16,34,37-40,42-46H,1,14,17-33H2,2-10H3,(H,60,61)/t37-,38+,39-,40+,42-,43?,44?,45-,46?,53-,54+,55+,56-/m0/s1. The Morgan fingerprint density at radius 3 is 2.27 bits per heavy atom. The van der Waals surface area contributed by atoms with Gasteiger partial charge in [-0.05, 0) is 142 Å². The van der Waals surface area contributed by atoms with E-state index in [1.165, 1.54) is 12.0 Å². The minimum Gasteiger partial charge on any atom is -0.481 e. The number of imidazole rings is 1. The lowest BCUT2D eigenvalue weighted by Gasteiger charge is -2.73. The number of aromatic nitrogens is 2. The van der Waals surface area contributed by atoms with E-state index in [1.54, 1.807) is 7.11 Å². The number of carboxylic acid groups (broad SMARTS) is 1. The molecule has 0 spiro atoms. The highest BCUT2D eigenvalue weighted by molar-refractivity contribution is 5.85. The SMILES string of the molecule is C=C(C)[C@@H]1CC[C@]2(C(=O)N3CCC[C@H]3c3nc(-c4ccccc4)cn3CCOCCOC)CC[C@]3(C)[C@H](CCC4[C@@]5(C)CC[C@H](OC(=O)[C@H]6C[C@@H](C(=O)O)C6(C)C)C(C)(C)C5CC[C@]43C)C12. The summed E-state index contributed by atoms with van der Waals surface area (Å²) in [5, 5.41) is 9.75. The number of carbonyl (C=O) groups is 3. The van der Waals surface area contributed by atoms with Gasteiger partial charge in [0, 0.05) is 37.4 Å². The molecular formula is C56H81N3O7. The van der Waals surface area contributed by atoms with Gasteiger partial charge in [-0.3, -0.25) is 14.4 Å². The second-order valence-electron chi connectivity index (χ2n) is 24.4. The van der Waals surface area contributed by atoms with E-state index in [9.17, 15) is 14.7 Å². The molecule has 6 aliphatic carbocycles. The normalized spacial score (nSPS) is 39.7. The fraction of sp³-hybridized carbons (Fsp3) is 0.750. The zero-order valence-corrected chi connectivity index (χ0v) is 41.8. The maximum absolute atomic E-state index is 15.9. The summed E-state index contributed by atoms with van der Waals surface area (Å²) in [6, 6.07) is 10.3. The Morgan fingerprint density at radius 2 is 1.58 bits per heavy atom. The number of rotatable bonds is 13. The van der Waals surface area contributed by atoms with Crippen molar-refractivity contribution in [1.82, 2.24) is 14.5 Å². The van der Waals surface area contributed by atoms with E-state index < -0.39 is 22.7 Å². The predicted molar refractivity (Wildman–Crippen MR) is 256 cm³/mol. The second-order valence-corrected chi connectivity index (χ2v) is 24.4. The third-order valence-electron chi connectivity index (χ3n) is 21.1. The molecule has 0 bridgehead atoms. The number of aliphatic carboxylic acids is 1. The van der Waals surface area contributed by atoms with Crippen molar-refractivity contribution in [1.29, 1.82) is 0 Å². The maximum Gasteiger partial charge on any atom is 0.309 e. The fourth-order valence-electron chi connectivity index (χ4n) is 17.3. The molecule has 1 aromatic heterocycles. The van der Waals surface area contributed by atoms with Crippen LogP contribution >= 0.6 is 0 Å². The van der Waals surface area contributed by atoms with Crippen molar-refractivity contribution in [3.8, 4) is 11.3 Å². The number of nitrogens with zero attached hydrogens (tertiary/aromatic N) is 3. The third-order valence-corrected chi connectivity index (χ3v) is 21.1. The number of amides is 1. The number of methoxy groups -OCH3 is 1. The molecule has 1 N–H and O–H groups in total. The number of benzene rings is 1. The Hall–Kier alpha value is -3.50. The molecule has 7 fully saturated rings. The highest BCUT2D eigenvalue weighted by Gasteiger charge is 2.72. The summed E-state index contributed by atoms with van der Waals surface area (Å²) in [5.41, 5.74) is 2.34. The Bertz CT molecular complexity index is 2180. The van der Waals surface area contributed by atoms with Crippen LogP contribution in [0.3, 0.4) is 0 Å². The van der Waals surface area contributed by atoms with Crippen molar-refractivity contribution in [3.05, 3.63) is 54.5 Å². The van der Waals surface area contributed by atoms with Gasteiger partial charge in [-0.2, -0.15) is 0 Å². The van der Waals surface area contributed by atoms with E-state index in [1.807, 2.05) is 19.9 Å². The molecule has 7 aliphatic rings. The highest BCUT2D eigenvalue weighted by atomic mass is 16.5. The average molecular weight is 908 g/mol. The Morgan fingerprint density at radius 1 is 0.818 bits per heavy atom. The Labute approximate surface area is 395 Å². The lowest BCUT2D eigenvalue weighted by atomic mass is 9.32. The van der Waals surface area contributed by atoms with Crippen molar-refractivity contribution in [3.63, 3.8) is 0 Å². The minimum absolute atomic E-state index is 0.0778. The van der Waals surface area contributed by atoms with Gasteiger partial charge in [0.1, 0.15) is 11.9 Å². The molecule has 66 heavy (non-hydrogen) atoms. The van der Waals surface area contributed by atoms with E-state index in [4.69, 9.17) is 19.2 Å². The predicted octanol–water partition coefficient (Wildman–Crippen LogP) is 11.2. The van der Waals surface area contributed by atoms with Crippen LogP contribution in [-0.2, 0) is 35.1 Å². The first-order valence-corrected chi connectivity index (χ1v) is 25.8. The molecule has 362 valence electrons. The van der Waals surface area contributed by atoms with Crippen molar-refractivity contribution in [2.45, 2.75) is 158 Å². The number of likely N-dealkylation sites (tertiary alicyclic amines) is 1. The van der Waals surface area contributed by atoms with Crippen LogP contribution in [0.25, 0.3) is 11.3 Å². The van der Waals surface area contributed by atoms with Crippen LogP contribution in [0.2, 0.25) is 0 Å². The van der Waals surface area contributed by atoms with Gasteiger partial charge in [-0.15, -0.1) is 0 Å². The highest BCUT2D eigenvalue weighted by Crippen LogP contribution is 2.78. The quantitative estimate of drug-likeness (QED) is 0.120. The first-order valence-electron chi connectivity index (χ1n) is 25.8. The Kier molecular flexibility index (Phi) is 12.4. The van der Waals surface area contributed by atoms with Crippen LogP contribution in [-0.4, -0.2) is 77.0 Å². The molecule has 13 atom stereocenters. The molecule has 3 unspecified atom stereocenters. The molecule has 10 nitrogen and oxygen atoms in total. The summed E-state index contributed by atoms with van der Waals surface area (Å²) in [4.78, 5) is 49.2. The molecule has 1 aliphatic heterocycles. The lowest BCUT2D eigenvalue weighted by Crippen LogP contribution is -2.67. The number of ether oxygens (including phenoxy) is 3. The molecule has 9 rings (SSSR count). The van der Waals surface area contributed by atoms with Crippen molar-refractivity contribution in [2.24, 2.45) is 73.9 Å². The van der Waals surface area contributed by atoms with Crippen molar-refractivity contribution < 1.29 is 33.7 Å². The van der Waals surface area contributed by atoms with Crippen LogP contribution in [0, 0.1) is 73.9 Å². The van der Waals surface area contributed by atoms with E-state index in [0.29, 0.717) is 62.4 Å². The zero-order valence-electron chi connectivity index (χ0n) is 41.8. The van der Waals surface area contributed by atoms with Crippen LogP contribution in [0.5, 0.6) is 0 Å². The van der Waals surface area contributed by atoms with Gasteiger partial charge in [0.05, 0.1) is 48.8 Å². The summed E-state index contributed by atoms with van der Waals surface area (Å²) in [6.07, 6.45) is 14.6. The van der Waals surface area contributed by atoms with Gasteiger partial charge in [-0.25, -0.2) is 4.98 Å². The molecule has 1 amide bonds. The lowest BCUT2D eigenvalue weighted by molar-refractivity contribution is -0.251. The van der Waals surface area contributed by atoms with Crippen LogP contribution in [0.15, 0.2) is 48.7 Å². The smallest absolute Gasteiger partial charge is 0.309 e. The van der Waals surface area contributed by atoms with Crippen molar-refractivity contribution >= 4 is 17.8 Å². The summed E-state index contributed by atoms with van der Waals surface area (Å²) < 4.78 is 20.0. The Balaban J connectivity index is 0.972. The van der Waals surface area contributed by atoms with Crippen LogP contribution in [0.4, 0.5) is 0 Å². The topological polar surface area (TPSA) is 120 Å². The van der Waals surface area contributed by atoms with Gasteiger partial charge >= 0.3 is 11.9 Å². The van der Waals surface area contributed by atoms with Gasteiger partial charge in [-0.1, -0.05) is 91.0 Å². The number of carbonyl (C=O) groups excluding carboxylic acids is 2. The number of fused-ring (bicyclic) bond motifs is 7. The largest absolute Gasteiger partial charge is 0.481 e.